The highest BCUT2D eigenvalue weighted by atomic mass is 32.2. The minimum atomic E-state index is -0.143. The molecule has 1 heterocycles. The molecule has 0 bridgehead atoms. The van der Waals surface area contributed by atoms with E-state index in [4.69, 9.17) is 4.98 Å². The molecule has 1 saturated carbocycles. The number of fused-ring (bicyclic) bond motifs is 4. The van der Waals surface area contributed by atoms with Crippen molar-refractivity contribution in [2.75, 3.05) is 5.75 Å². The minimum absolute atomic E-state index is 0.0347. The van der Waals surface area contributed by atoms with Crippen molar-refractivity contribution in [1.29, 1.82) is 5.26 Å². The predicted molar refractivity (Wildman–Crippen MR) is 125 cm³/mol. The van der Waals surface area contributed by atoms with Gasteiger partial charge < -0.3 is 0 Å². The van der Waals surface area contributed by atoms with Crippen molar-refractivity contribution in [3.63, 3.8) is 0 Å². The highest BCUT2D eigenvalue weighted by Gasteiger charge is 2.43. The first-order chi connectivity index (χ1) is 15.1. The quantitative estimate of drug-likeness (QED) is 0.404. The Bertz CT molecular complexity index is 1250. The Hall–Kier alpha value is -2.84. The SMILES string of the molecule is Cc1cccc(-n2c(SCC#N)nc3c(c2=O)C2(CCCCC2)Cc2ccccc2-3)c1. The second-order valence-corrected chi connectivity index (χ2v) is 9.66. The smallest absolute Gasteiger partial charge is 0.263 e. The van der Waals surface area contributed by atoms with Crippen LogP contribution in [-0.2, 0) is 11.8 Å². The van der Waals surface area contributed by atoms with Crippen LogP contribution in [0.1, 0.15) is 48.8 Å². The third kappa shape index (κ3) is 3.40. The van der Waals surface area contributed by atoms with E-state index >= 15 is 0 Å². The van der Waals surface area contributed by atoms with Gasteiger partial charge in [-0.15, -0.1) is 0 Å². The van der Waals surface area contributed by atoms with Crippen LogP contribution in [-0.4, -0.2) is 15.3 Å². The van der Waals surface area contributed by atoms with Crippen LogP contribution in [0, 0.1) is 18.3 Å². The summed E-state index contributed by atoms with van der Waals surface area (Å²) < 4.78 is 1.75. The van der Waals surface area contributed by atoms with E-state index in [0.717, 1.165) is 60.2 Å². The third-order valence-corrected chi connectivity index (χ3v) is 7.53. The molecular weight excluding hydrogens is 402 g/mol. The van der Waals surface area contributed by atoms with E-state index in [1.54, 1.807) is 4.57 Å². The summed E-state index contributed by atoms with van der Waals surface area (Å²) in [7, 11) is 0. The molecule has 1 fully saturated rings. The zero-order valence-corrected chi connectivity index (χ0v) is 18.5. The molecule has 0 unspecified atom stereocenters. The van der Waals surface area contributed by atoms with Crippen LogP contribution in [0.3, 0.4) is 0 Å². The molecule has 5 rings (SSSR count). The van der Waals surface area contributed by atoms with Crippen molar-refractivity contribution in [1.82, 2.24) is 9.55 Å². The van der Waals surface area contributed by atoms with Gasteiger partial charge in [0.2, 0.25) is 0 Å². The fourth-order valence-corrected chi connectivity index (χ4v) is 6.04. The Kier molecular flexibility index (Phi) is 5.19. The molecular formula is C26H25N3OS. The first-order valence-corrected chi connectivity index (χ1v) is 11.9. The molecule has 1 aromatic heterocycles. The summed E-state index contributed by atoms with van der Waals surface area (Å²) in [6, 6.07) is 18.6. The van der Waals surface area contributed by atoms with Crippen molar-refractivity contribution >= 4 is 11.8 Å². The molecule has 0 radical (unpaired) electrons. The van der Waals surface area contributed by atoms with Crippen LogP contribution >= 0.6 is 11.8 Å². The van der Waals surface area contributed by atoms with E-state index in [9.17, 15) is 10.1 Å². The van der Waals surface area contributed by atoms with E-state index in [2.05, 4.69) is 24.3 Å². The van der Waals surface area contributed by atoms with Gasteiger partial charge >= 0.3 is 0 Å². The predicted octanol–water partition coefficient (Wildman–Crippen LogP) is 5.58. The Morgan fingerprint density at radius 1 is 1.13 bits per heavy atom. The lowest BCUT2D eigenvalue weighted by Gasteiger charge is -2.42. The van der Waals surface area contributed by atoms with Crippen LogP contribution in [0.25, 0.3) is 16.9 Å². The lowest BCUT2D eigenvalue weighted by atomic mass is 9.62. The average molecular weight is 428 g/mol. The number of aryl methyl sites for hydroxylation is 1. The third-order valence-electron chi connectivity index (χ3n) is 6.72. The van der Waals surface area contributed by atoms with Gasteiger partial charge in [-0.2, -0.15) is 5.26 Å². The zero-order valence-electron chi connectivity index (χ0n) is 17.7. The summed E-state index contributed by atoms with van der Waals surface area (Å²) in [6.45, 7) is 2.03. The number of thioether (sulfide) groups is 1. The first-order valence-electron chi connectivity index (χ1n) is 11.0. The summed E-state index contributed by atoms with van der Waals surface area (Å²) in [5.41, 5.74) is 5.88. The van der Waals surface area contributed by atoms with Crippen LogP contribution in [0.2, 0.25) is 0 Å². The van der Waals surface area contributed by atoms with Gasteiger partial charge in [-0.05, 0) is 49.4 Å². The van der Waals surface area contributed by atoms with Gasteiger partial charge in [-0.3, -0.25) is 9.36 Å². The largest absolute Gasteiger partial charge is 0.268 e. The number of aromatic nitrogens is 2. The van der Waals surface area contributed by atoms with Crippen molar-refractivity contribution in [2.45, 2.75) is 56.0 Å². The molecule has 0 saturated heterocycles. The lowest BCUT2D eigenvalue weighted by Crippen LogP contribution is -2.42. The number of nitrogens with zero attached hydrogens (tertiary/aromatic N) is 3. The number of benzene rings is 2. The lowest BCUT2D eigenvalue weighted by molar-refractivity contribution is 0.283. The molecule has 1 spiro atoms. The second-order valence-electron chi connectivity index (χ2n) is 8.72. The number of hydrogen-bond donors (Lipinski definition) is 0. The molecule has 5 heteroatoms. The number of nitriles is 1. The molecule has 0 aliphatic heterocycles. The number of rotatable bonds is 3. The summed E-state index contributed by atoms with van der Waals surface area (Å²) in [5.74, 6) is 0.254. The van der Waals surface area contributed by atoms with Crippen molar-refractivity contribution in [2.24, 2.45) is 0 Å². The van der Waals surface area contributed by atoms with Crippen LogP contribution < -0.4 is 5.56 Å². The molecule has 0 atom stereocenters. The molecule has 0 N–H and O–H groups in total. The summed E-state index contributed by atoms with van der Waals surface area (Å²) in [4.78, 5) is 19.3. The average Bonchev–Trinajstić information content (AvgIpc) is 2.78. The molecule has 2 aromatic carbocycles. The molecule has 3 aromatic rings. The minimum Gasteiger partial charge on any atom is -0.268 e. The summed E-state index contributed by atoms with van der Waals surface area (Å²) in [5, 5.41) is 9.81. The van der Waals surface area contributed by atoms with Crippen LogP contribution in [0.15, 0.2) is 58.5 Å². The van der Waals surface area contributed by atoms with Crippen LogP contribution in [0.5, 0.6) is 0 Å². The van der Waals surface area contributed by atoms with Gasteiger partial charge in [-0.1, -0.05) is 67.4 Å². The zero-order chi connectivity index (χ0) is 21.4. The van der Waals surface area contributed by atoms with E-state index in [1.165, 1.54) is 23.7 Å². The van der Waals surface area contributed by atoms with Gasteiger partial charge in [0, 0.05) is 11.0 Å². The molecule has 31 heavy (non-hydrogen) atoms. The first kappa shape index (κ1) is 20.1. The van der Waals surface area contributed by atoms with Crippen molar-refractivity contribution in [3.8, 4) is 23.0 Å². The standard InChI is InChI=1S/C26H25N3OS/c1-18-8-7-10-20(16-18)29-24(30)22-23(28-25(29)31-15-14-27)21-11-4-3-9-19(21)17-26(22)12-5-2-6-13-26/h3-4,7-11,16H,2,5-6,12-13,15,17H2,1H3. The highest BCUT2D eigenvalue weighted by molar-refractivity contribution is 7.99. The summed E-state index contributed by atoms with van der Waals surface area (Å²) >= 11 is 1.34. The van der Waals surface area contributed by atoms with Crippen molar-refractivity contribution < 1.29 is 0 Å². The Balaban J connectivity index is 1.84. The molecule has 4 nitrogen and oxygen atoms in total. The Labute approximate surface area is 187 Å². The maximum absolute atomic E-state index is 14.2. The van der Waals surface area contributed by atoms with E-state index in [1.807, 2.05) is 37.3 Å². The fourth-order valence-electron chi connectivity index (χ4n) is 5.38. The summed E-state index contributed by atoms with van der Waals surface area (Å²) in [6.07, 6.45) is 6.50. The highest BCUT2D eigenvalue weighted by Crippen LogP contribution is 2.49. The normalized spacial score (nSPS) is 16.4. The maximum Gasteiger partial charge on any atom is 0.263 e. The fraction of sp³-hybridized carbons (Fsp3) is 0.346. The molecule has 0 amide bonds. The maximum atomic E-state index is 14.2. The Morgan fingerprint density at radius 2 is 1.94 bits per heavy atom. The van der Waals surface area contributed by atoms with Crippen molar-refractivity contribution in [3.05, 3.63) is 75.6 Å². The topological polar surface area (TPSA) is 58.7 Å². The Morgan fingerprint density at radius 3 is 2.71 bits per heavy atom. The van der Waals surface area contributed by atoms with Gasteiger partial charge in [0.1, 0.15) is 0 Å². The van der Waals surface area contributed by atoms with E-state index in [0.29, 0.717) is 5.16 Å². The van der Waals surface area contributed by atoms with Crippen LogP contribution in [0.4, 0.5) is 0 Å². The monoisotopic (exact) mass is 427 g/mol. The van der Waals surface area contributed by atoms with E-state index < -0.39 is 0 Å². The second kappa shape index (κ2) is 8.01. The molecule has 2 aliphatic rings. The van der Waals surface area contributed by atoms with Gasteiger partial charge in [-0.25, -0.2) is 4.98 Å². The van der Waals surface area contributed by atoms with Gasteiger partial charge in [0.15, 0.2) is 5.16 Å². The van der Waals surface area contributed by atoms with Gasteiger partial charge in [0.05, 0.1) is 28.8 Å². The van der Waals surface area contributed by atoms with Gasteiger partial charge in [0.25, 0.3) is 5.56 Å². The van der Waals surface area contributed by atoms with E-state index in [-0.39, 0.29) is 16.7 Å². The molecule has 156 valence electrons. The molecule has 2 aliphatic carbocycles. The number of hydrogen-bond acceptors (Lipinski definition) is 4.